The third kappa shape index (κ3) is 3.60. The molecule has 0 N–H and O–H groups in total. The van der Waals surface area contributed by atoms with Crippen molar-refractivity contribution in [2.24, 2.45) is 0 Å². The zero-order valence-electron chi connectivity index (χ0n) is 10.4. The minimum absolute atomic E-state index is 0.402. The largest absolute Gasteiger partial charge is 0.493 e. The van der Waals surface area contributed by atoms with E-state index in [0.29, 0.717) is 29.6 Å². The van der Waals surface area contributed by atoms with Gasteiger partial charge in [-0.15, -0.1) is 0 Å². The number of aryl methyl sites for hydroxylation is 1. The molecule has 0 spiro atoms. The first kappa shape index (κ1) is 13.8. The Bertz CT molecular complexity index is 377. The summed E-state index contributed by atoms with van der Waals surface area (Å²) in [5.41, 5.74) is 1.96. The van der Waals surface area contributed by atoms with Crippen LogP contribution in [0.3, 0.4) is 0 Å². The van der Waals surface area contributed by atoms with E-state index < -0.39 is 0 Å². The van der Waals surface area contributed by atoms with E-state index in [1.54, 1.807) is 14.2 Å². The Morgan fingerprint density at radius 2 is 1.76 bits per heavy atom. The maximum absolute atomic E-state index is 5.66. The minimum atomic E-state index is 0.402. The molecular weight excluding hydrogens is 236 g/mol. The van der Waals surface area contributed by atoms with Gasteiger partial charge in [-0.1, -0.05) is 6.58 Å². The van der Waals surface area contributed by atoms with Gasteiger partial charge in [-0.3, -0.25) is 0 Å². The van der Waals surface area contributed by atoms with E-state index in [9.17, 15) is 0 Å². The zero-order valence-corrected chi connectivity index (χ0v) is 11.3. The van der Waals surface area contributed by atoms with Crippen molar-refractivity contribution in [1.82, 2.24) is 0 Å². The second kappa shape index (κ2) is 6.45. The molecule has 0 atom stereocenters. The molecule has 0 bridgehead atoms. The fourth-order valence-electron chi connectivity index (χ4n) is 1.37. The quantitative estimate of drug-likeness (QED) is 0.625. The van der Waals surface area contributed by atoms with Crippen LogP contribution < -0.4 is 14.2 Å². The van der Waals surface area contributed by atoms with Crippen LogP contribution in [0.1, 0.15) is 5.56 Å². The number of thiol groups is 1. The monoisotopic (exact) mass is 254 g/mol. The molecule has 0 saturated carbocycles. The highest BCUT2D eigenvalue weighted by Crippen LogP contribution is 2.38. The summed E-state index contributed by atoms with van der Waals surface area (Å²) in [7, 11) is 3.21. The molecule has 0 heterocycles. The highest BCUT2D eigenvalue weighted by atomic mass is 32.1. The predicted molar refractivity (Wildman–Crippen MR) is 72.8 cm³/mol. The van der Waals surface area contributed by atoms with Gasteiger partial charge in [0.2, 0.25) is 5.75 Å². The number of benzene rings is 1. The molecule has 1 rings (SSSR count). The molecule has 17 heavy (non-hydrogen) atoms. The highest BCUT2D eigenvalue weighted by Gasteiger charge is 2.13. The number of hydrogen-bond acceptors (Lipinski definition) is 4. The molecule has 0 fully saturated rings. The first-order chi connectivity index (χ1) is 8.12. The van der Waals surface area contributed by atoms with Gasteiger partial charge in [0.1, 0.15) is 6.61 Å². The number of hydrogen-bond donors (Lipinski definition) is 1. The molecule has 94 valence electrons. The van der Waals surface area contributed by atoms with Crippen LogP contribution in [0.2, 0.25) is 0 Å². The van der Waals surface area contributed by atoms with Gasteiger partial charge in [0, 0.05) is 5.75 Å². The molecule has 1 aromatic rings. The van der Waals surface area contributed by atoms with Crippen LogP contribution in [0.25, 0.3) is 0 Å². The summed E-state index contributed by atoms with van der Waals surface area (Å²) in [6.07, 6.45) is 0. The molecule has 0 aromatic heterocycles. The van der Waals surface area contributed by atoms with Gasteiger partial charge >= 0.3 is 0 Å². The van der Waals surface area contributed by atoms with Crippen molar-refractivity contribution in [3.63, 3.8) is 0 Å². The fraction of sp³-hybridized carbons (Fsp3) is 0.385. The summed E-state index contributed by atoms with van der Waals surface area (Å²) in [6, 6.07) is 3.81. The Balaban J connectivity index is 2.98. The Labute approximate surface area is 108 Å². The second-order valence-electron chi connectivity index (χ2n) is 3.70. The van der Waals surface area contributed by atoms with E-state index in [4.69, 9.17) is 14.2 Å². The molecule has 0 unspecified atom stereocenters. The van der Waals surface area contributed by atoms with Crippen molar-refractivity contribution in [2.75, 3.05) is 26.6 Å². The fourth-order valence-corrected chi connectivity index (χ4v) is 1.46. The van der Waals surface area contributed by atoms with Crippen LogP contribution in [0.4, 0.5) is 0 Å². The van der Waals surface area contributed by atoms with Crippen molar-refractivity contribution < 1.29 is 14.2 Å². The second-order valence-corrected chi connectivity index (χ2v) is 4.01. The lowest BCUT2D eigenvalue weighted by Gasteiger charge is -2.15. The van der Waals surface area contributed by atoms with Gasteiger partial charge in [-0.25, -0.2) is 0 Å². The highest BCUT2D eigenvalue weighted by molar-refractivity contribution is 7.80. The summed E-state index contributed by atoms with van der Waals surface area (Å²) < 4.78 is 16.2. The summed E-state index contributed by atoms with van der Waals surface area (Å²) in [5.74, 6) is 2.52. The van der Waals surface area contributed by atoms with Crippen molar-refractivity contribution in [1.29, 1.82) is 0 Å². The SMILES string of the molecule is C=C(CS)COc1c(OC)cc(C)cc1OC. The van der Waals surface area contributed by atoms with Crippen molar-refractivity contribution in [3.05, 3.63) is 29.8 Å². The number of ether oxygens (including phenoxy) is 3. The smallest absolute Gasteiger partial charge is 0.203 e. The standard InChI is InChI=1S/C13H18O3S/c1-9-5-11(14-3)13(12(6-9)15-4)16-7-10(2)8-17/h5-6,17H,2,7-8H2,1,3-4H3. The van der Waals surface area contributed by atoms with Crippen molar-refractivity contribution >= 4 is 12.6 Å². The van der Waals surface area contributed by atoms with Crippen LogP contribution in [-0.4, -0.2) is 26.6 Å². The molecule has 0 aliphatic heterocycles. The van der Waals surface area contributed by atoms with Crippen LogP contribution in [0.15, 0.2) is 24.3 Å². The predicted octanol–water partition coefficient (Wildman–Crippen LogP) is 2.88. The Hall–Kier alpha value is -1.29. The molecule has 4 heteroatoms. The normalized spacial score (nSPS) is 9.88. The van der Waals surface area contributed by atoms with Gasteiger partial charge in [0.05, 0.1) is 14.2 Å². The summed E-state index contributed by atoms with van der Waals surface area (Å²) in [6.45, 7) is 6.21. The molecule has 0 saturated heterocycles. The lowest BCUT2D eigenvalue weighted by molar-refractivity contribution is 0.295. The van der Waals surface area contributed by atoms with Crippen molar-refractivity contribution in [3.8, 4) is 17.2 Å². The van der Waals surface area contributed by atoms with Crippen LogP contribution >= 0.6 is 12.6 Å². The van der Waals surface area contributed by atoms with Gasteiger partial charge in [0.25, 0.3) is 0 Å². The Kier molecular flexibility index (Phi) is 5.22. The van der Waals surface area contributed by atoms with Gasteiger partial charge in [-0.2, -0.15) is 12.6 Å². The lowest BCUT2D eigenvalue weighted by Crippen LogP contribution is -2.04. The number of rotatable bonds is 6. The first-order valence-corrected chi connectivity index (χ1v) is 5.88. The van der Waals surface area contributed by atoms with Gasteiger partial charge < -0.3 is 14.2 Å². The Morgan fingerprint density at radius 1 is 1.24 bits per heavy atom. The topological polar surface area (TPSA) is 27.7 Å². The summed E-state index contributed by atoms with van der Waals surface area (Å²) >= 11 is 4.13. The number of methoxy groups -OCH3 is 2. The molecule has 0 radical (unpaired) electrons. The third-order valence-corrected chi connectivity index (χ3v) is 2.70. The average molecular weight is 254 g/mol. The molecular formula is C13H18O3S. The maximum Gasteiger partial charge on any atom is 0.203 e. The third-order valence-electron chi connectivity index (χ3n) is 2.25. The molecule has 0 amide bonds. The first-order valence-electron chi connectivity index (χ1n) is 5.25. The minimum Gasteiger partial charge on any atom is -0.493 e. The van der Waals surface area contributed by atoms with Crippen LogP contribution in [0, 0.1) is 6.92 Å². The van der Waals surface area contributed by atoms with E-state index in [-0.39, 0.29) is 0 Å². The van der Waals surface area contributed by atoms with Crippen LogP contribution in [-0.2, 0) is 0 Å². The van der Waals surface area contributed by atoms with E-state index in [0.717, 1.165) is 11.1 Å². The van der Waals surface area contributed by atoms with E-state index in [1.165, 1.54) is 0 Å². The van der Waals surface area contributed by atoms with E-state index in [1.807, 2.05) is 19.1 Å². The lowest BCUT2D eigenvalue weighted by atomic mass is 10.2. The van der Waals surface area contributed by atoms with Gasteiger partial charge in [-0.05, 0) is 30.2 Å². The molecule has 0 aliphatic carbocycles. The Morgan fingerprint density at radius 3 is 2.18 bits per heavy atom. The van der Waals surface area contributed by atoms with Crippen molar-refractivity contribution in [2.45, 2.75) is 6.92 Å². The molecule has 1 aromatic carbocycles. The summed E-state index contributed by atoms with van der Waals surface area (Å²) in [4.78, 5) is 0. The molecule has 3 nitrogen and oxygen atoms in total. The molecule has 0 aliphatic rings. The van der Waals surface area contributed by atoms with Gasteiger partial charge in [0.15, 0.2) is 11.5 Å². The average Bonchev–Trinajstić information content (AvgIpc) is 2.35. The van der Waals surface area contributed by atoms with E-state index >= 15 is 0 Å². The maximum atomic E-state index is 5.66. The van der Waals surface area contributed by atoms with Crippen LogP contribution in [0.5, 0.6) is 17.2 Å². The van der Waals surface area contributed by atoms with E-state index in [2.05, 4.69) is 19.2 Å². The zero-order chi connectivity index (χ0) is 12.8. The summed E-state index contributed by atoms with van der Waals surface area (Å²) in [5, 5.41) is 0.